The monoisotopic (exact) mass is 227 g/mol. The Morgan fingerprint density at radius 1 is 1.12 bits per heavy atom. The molecule has 0 bridgehead atoms. The Morgan fingerprint density at radius 3 is 2.41 bits per heavy atom. The number of H-pyrrole nitrogens is 1. The van der Waals surface area contributed by atoms with Gasteiger partial charge in [0.1, 0.15) is 5.82 Å². The van der Waals surface area contributed by atoms with Crippen LogP contribution in [-0.4, -0.2) is 9.97 Å². The zero-order valence-electron chi connectivity index (χ0n) is 9.82. The first-order chi connectivity index (χ1) is 8.28. The van der Waals surface area contributed by atoms with Crippen molar-refractivity contribution in [2.45, 2.75) is 31.2 Å². The topological polar surface area (TPSA) is 54.7 Å². The van der Waals surface area contributed by atoms with Crippen molar-refractivity contribution in [3.8, 4) is 11.4 Å². The molecule has 88 valence electrons. The van der Waals surface area contributed by atoms with Gasteiger partial charge in [-0.3, -0.25) is 0 Å². The predicted octanol–water partition coefficient (Wildman–Crippen LogP) is 2.80. The molecule has 1 fully saturated rings. The third-order valence-electron chi connectivity index (χ3n) is 3.73. The zero-order valence-corrected chi connectivity index (χ0v) is 9.82. The summed E-state index contributed by atoms with van der Waals surface area (Å²) in [5.74, 6) is 0.911. The second kappa shape index (κ2) is 4.00. The summed E-state index contributed by atoms with van der Waals surface area (Å²) in [7, 11) is 0. The number of nitrogens with two attached hydrogens (primary N) is 1. The van der Waals surface area contributed by atoms with E-state index < -0.39 is 0 Å². The summed E-state index contributed by atoms with van der Waals surface area (Å²) in [6.45, 7) is 0. The average Bonchev–Trinajstić information content (AvgIpc) is 3.01. The third-order valence-corrected chi connectivity index (χ3v) is 3.73. The molecule has 0 spiro atoms. The summed E-state index contributed by atoms with van der Waals surface area (Å²) in [5.41, 5.74) is 8.70. The largest absolute Gasteiger partial charge is 0.345 e. The lowest BCUT2D eigenvalue weighted by Gasteiger charge is -2.24. The van der Waals surface area contributed by atoms with E-state index in [1.807, 2.05) is 6.20 Å². The van der Waals surface area contributed by atoms with Crippen LogP contribution in [0.1, 0.15) is 31.2 Å². The molecule has 1 saturated carbocycles. The first kappa shape index (κ1) is 10.5. The molecule has 1 aliphatic rings. The minimum absolute atomic E-state index is 0.0955. The highest BCUT2D eigenvalue weighted by atomic mass is 14.9. The van der Waals surface area contributed by atoms with E-state index in [0.29, 0.717) is 0 Å². The first-order valence-electron chi connectivity index (χ1n) is 6.17. The molecule has 0 amide bonds. The van der Waals surface area contributed by atoms with Gasteiger partial charge in [-0.2, -0.15) is 0 Å². The van der Waals surface area contributed by atoms with Gasteiger partial charge in [-0.25, -0.2) is 4.98 Å². The summed E-state index contributed by atoms with van der Waals surface area (Å²) in [4.78, 5) is 7.35. The van der Waals surface area contributed by atoms with Crippen molar-refractivity contribution < 1.29 is 0 Å². The van der Waals surface area contributed by atoms with E-state index in [1.54, 1.807) is 6.20 Å². The molecule has 0 radical (unpaired) electrons. The van der Waals surface area contributed by atoms with E-state index in [1.165, 1.54) is 18.4 Å². The van der Waals surface area contributed by atoms with Crippen LogP contribution in [0.25, 0.3) is 11.4 Å². The number of rotatable bonds is 2. The van der Waals surface area contributed by atoms with Crippen molar-refractivity contribution in [1.82, 2.24) is 9.97 Å². The number of benzene rings is 1. The van der Waals surface area contributed by atoms with E-state index in [2.05, 4.69) is 34.2 Å². The van der Waals surface area contributed by atoms with Gasteiger partial charge < -0.3 is 10.7 Å². The van der Waals surface area contributed by atoms with Crippen LogP contribution in [-0.2, 0) is 5.54 Å². The molecule has 0 unspecified atom stereocenters. The van der Waals surface area contributed by atoms with Crippen LogP contribution in [0.2, 0.25) is 0 Å². The van der Waals surface area contributed by atoms with E-state index in [-0.39, 0.29) is 5.54 Å². The van der Waals surface area contributed by atoms with Gasteiger partial charge in [-0.05, 0) is 18.4 Å². The molecule has 1 heterocycles. The lowest BCUT2D eigenvalue weighted by molar-refractivity contribution is 0.462. The van der Waals surface area contributed by atoms with Crippen LogP contribution in [0.15, 0.2) is 36.7 Å². The number of aromatic amines is 1. The fourth-order valence-corrected chi connectivity index (χ4v) is 2.68. The van der Waals surface area contributed by atoms with Crippen LogP contribution in [0, 0.1) is 0 Å². The summed E-state index contributed by atoms with van der Waals surface area (Å²) in [6, 6.07) is 8.48. The molecule has 1 aliphatic carbocycles. The number of nitrogens with zero attached hydrogens (tertiary/aromatic N) is 1. The van der Waals surface area contributed by atoms with Crippen molar-refractivity contribution in [2.24, 2.45) is 5.73 Å². The van der Waals surface area contributed by atoms with E-state index >= 15 is 0 Å². The SMILES string of the molecule is NC1(c2ccc(-c3ncc[nH]3)cc2)CCCC1. The van der Waals surface area contributed by atoms with Gasteiger partial charge in [-0.1, -0.05) is 37.1 Å². The molecule has 0 atom stereocenters. The quantitative estimate of drug-likeness (QED) is 0.828. The predicted molar refractivity (Wildman–Crippen MR) is 68.4 cm³/mol. The Kier molecular flexibility index (Phi) is 2.48. The van der Waals surface area contributed by atoms with E-state index in [0.717, 1.165) is 24.2 Å². The Morgan fingerprint density at radius 2 is 1.82 bits per heavy atom. The molecule has 0 aliphatic heterocycles. The van der Waals surface area contributed by atoms with Crippen LogP contribution in [0.4, 0.5) is 0 Å². The van der Waals surface area contributed by atoms with Gasteiger partial charge in [0, 0.05) is 23.5 Å². The van der Waals surface area contributed by atoms with Gasteiger partial charge in [0.15, 0.2) is 0 Å². The molecule has 2 aromatic rings. The number of hydrogen-bond acceptors (Lipinski definition) is 2. The van der Waals surface area contributed by atoms with Crippen molar-refractivity contribution in [1.29, 1.82) is 0 Å². The van der Waals surface area contributed by atoms with Crippen molar-refractivity contribution in [2.75, 3.05) is 0 Å². The zero-order chi connectivity index (χ0) is 11.7. The Balaban J connectivity index is 1.90. The van der Waals surface area contributed by atoms with Crippen molar-refractivity contribution >= 4 is 0 Å². The molecule has 17 heavy (non-hydrogen) atoms. The molecule has 3 rings (SSSR count). The van der Waals surface area contributed by atoms with Crippen LogP contribution in [0.3, 0.4) is 0 Å². The summed E-state index contributed by atoms with van der Waals surface area (Å²) in [5, 5.41) is 0. The Hall–Kier alpha value is -1.61. The molecule has 0 saturated heterocycles. The lowest BCUT2D eigenvalue weighted by Crippen LogP contribution is -2.32. The maximum Gasteiger partial charge on any atom is 0.137 e. The highest BCUT2D eigenvalue weighted by Gasteiger charge is 2.30. The normalized spacial score (nSPS) is 18.4. The number of aromatic nitrogens is 2. The molecule has 3 N–H and O–H groups in total. The Bertz CT molecular complexity index is 479. The number of hydrogen-bond donors (Lipinski definition) is 2. The molecule has 1 aromatic carbocycles. The smallest absolute Gasteiger partial charge is 0.137 e. The first-order valence-corrected chi connectivity index (χ1v) is 6.17. The van der Waals surface area contributed by atoms with Crippen molar-refractivity contribution in [3.05, 3.63) is 42.2 Å². The van der Waals surface area contributed by atoms with Gasteiger partial charge in [0.25, 0.3) is 0 Å². The number of imidazole rings is 1. The summed E-state index contributed by atoms with van der Waals surface area (Å²) >= 11 is 0. The molecular weight excluding hydrogens is 210 g/mol. The highest BCUT2D eigenvalue weighted by molar-refractivity contribution is 5.55. The van der Waals surface area contributed by atoms with Crippen LogP contribution >= 0.6 is 0 Å². The average molecular weight is 227 g/mol. The standard InChI is InChI=1S/C14H17N3/c15-14(7-1-2-8-14)12-5-3-11(4-6-12)13-16-9-10-17-13/h3-6,9-10H,1-2,7-8,15H2,(H,16,17). The minimum Gasteiger partial charge on any atom is -0.345 e. The molecule has 1 aromatic heterocycles. The van der Waals surface area contributed by atoms with E-state index in [4.69, 9.17) is 5.73 Å². The van der Waals surface area contributed by atoms with Crippen molar-refractivity contribution in [3.63, 3.8) is 0 Å². The van der Waals surface area contributed by atoms with E-state index in [9.17, 15) is 0 Å². The lowest BCUT2D eigenvalue weighted by atomic mass is 9.89. The fraction of sp³-hybridized carbons (Fsp3) is 0.357. The minimum atomic E-state index is -0.0955. The maximum absolute atomic E-state index is 6.43. The van der Waals surface area contributed by atoms with Crippen LogP contribution < -0.4 is 5.73 Å². The van der Waals surface area contributed by atoms with Gasteiger partial charge in [0.05, 0.1) is 0 Å². The van der Waals surface area contributed by atoms with Gasteiger partial charge >= 0.3 is 0 Å². The Labute approximate surface area is 101 Å². The van der Waals surface area contributed by atoms with Gasteiger partial charge in [0.2, 0.25) is 0 Å². The highest BCUT2D eigenvalue weighted by Crippen LogP contribution is 2.36. The third kappa shape index (κ3) is 1.87. The summed E-state index contributed by atoms with van der Waals surface area (Å²) in [6.07, 6.45) is 8.31. The molecule has 3 heteroatoms. The second-order valence-corrected chi connectivity index (χ2v) is 4.88. The molecular formula is C14H17N3. The fourth-order valence-electron chi connectivity index (χ4n) is 2.68. The molecule has 3 nitrogen and oxygen atoms in total. The van der Waals surface area contributed by atoms with Crippen LogP contribution in [0.5, 0.6) is 0 Å². The number of nitrogens with one attached hydrogen (secondary N) is 1. The second-order valence-electron chi connectivity index (χ2n) is 4.88. The van der Waals surface area contributed by atoms with Gasteiger partial charge in [-0.15, -0.1) is 0 Å². The maximum atomic E-state index is 6.43. The summed E-state index contributed by atoms with van der Waals surface area (Å²) < 4.78 is 0.